The number of nitrogens with one attached hydrogen (secondary N) is 2. The Labute approximate surface area is 153 Å². The first-order valence-electron chi connectivity index (χ1n) is 9.04. The normalized spacial score (nSPS) is 15.5. The highest BCUT2D eigenvalue weighted by Crippen LogP contribution is 2.18. The first-order chi connectivity index (χ1) is 12.4. The SMILES string of the molecule is CC[C@H](C)[C@H](NC(=O)CCNC(=O)N1CCc2ccccc2C1)C(=O)O. The zero-order valence-corrected chi connectivity index (χ0v) is 15.3. The number of urea groups is 1. The van der Waals surface area contributed by atoms with Crippen LogP contribution in [0.5, 0.6) is 0 Å². The van der Waals surface area contributed by atoms with Gasteiger partial charge in [-0.2, -0.15) is 0 Å². The standard InChI is InChI=1S/C19H27N3O4/c1-3-13(2)17(18(24)25)21-16(23)8-10-20-19(26)22-11-9-14-6-4-5-7-15(14)12-22/h4-7,13,17H,3,8-12H2,1-2H3,(H,20,26)(H,21,23)(H,24,25)/t13-,17-/m0/s1. The molecule has 3 N–H and O–H groups in total. The first kappa shape index (κ1) is 19.8. The molecule has 1 aromatic carbocycles. The van der Waals surface area contributed by atoms with Crippen molar-refractivity contribution in [3.8, 4) is 0 Å². The summed E-state index contributed by atoms with van der Waals surface area (Å²) >= 11 is 0. The van der Waals surface area contributed by atoms with Crippen molar-refractivity contribution in [2.75, 3.05) is 13.1 Å². The average Bonchev–Trinajstić information content (AvgIpc) is 2.64. The maximum Gasteiger partial charge on any atom is 0.326 e. The molecule has 7 nitrogen and oxygen atoms in total. The number of carbonyl (C=O) groups excluding carboxylic acids is 2. The number of fused-ring (bicyclic) bond motifs is 1. The van der Waals surface area contributed by atoms with E-state index < -0.39 is 12.0 Å². The average molecular weight is 361 g/mol. The summed E-state index contributed by atoms with van der Waals surface area (Å²) < 4.78 is 0. The van der Waals surface area contributed by atoms with Crippen molar-refractivity contribution >= 4 is 17.9 Å². The number of hydrogen-bond donors (Lipinski definition) is 3. The zero-order chi connectivity index (χ0) is 19.1. The molecular weight excluding hydrogens is 334 g/mol. The van der Waals surface area contributed by atoms with Crippen molar-refractivity contribution in [2.24, 2.45) is 5.92 Å². The Balaban J connectivity index is 1.76. The number of carbonyl (C=O) groups is 3. The van der Waals surface area contributed by atoms with Crippen molar-refractivity contribution in [3.05, 3.63) is 35.4 Å². The lowest BCUT2D eigenvalue weighted by Crippen LogP contribution is -2.47. The topological polar surface area (TPSA) is 98.7 Å². The summed E-state index contributed by atoms with van der Waals surface area (Å²) in [5.74, 6) is -1.56. The molecule has 0 saturated carbocycles. The molecule has 2 rings (SSSR count). The maximum atomic E-state index is 12.3. The molecule has 0 bridgehead atoms. The van der Waals surface area contributed by atoms with Crippen LogP contribution in [0.25, 0.3) is 0 Å². The maximum absolute atomic E-state index is 12.3. The van der Waals surface area contributed by atoms with Crippen LogP contribution in [0.3, 0.4) is 0 Å². The second-order valence-corrected chi connectivity index (χ2v) is 6.69. The fraction of sp³-hybridized carbons (Fsp3) is 0.526. The molecule has 2 atom stereocenters. The quantitative estimate of drug-likeness (QED) is 0.689. The zero-order valence-electron chi connectivity index (χ0n) is 15.3. The predicted molar refractivity (Wildman–Crippen MR) is 97.6 cm³/mol. The summed E-state index contributed by atoms with van der Waals surface area (Å²) in [6.45, 7) is 5.04. The number of aliphatic carboxylic acids is 1. The Bertz CT molecular complexity index is 662. The van der Waals surface area contributed by atoms with E-state index in [-0.39, 0.29) is 30.8 Å². The Morgan fingerprint density at radius 1 is 1.23 bits per heavy atom. The van der Waals surface area contributed by atoms with Gasteiger partial charge in [-0.1, -0.05) is 44.5 Å². The monoisotopic (exact) mass is 361 g/mol. The minimum absolute atomic E-state index is 0.0520. The van der Waals surface area contributed by atoms with E-state index in [1.165, 1.54) is 5.56 Å². The highest BCUT2D eigenvalue weighted by Gasteiger charge is 2.25. The van der Waals surface area contributed by atoms with Crippen LogP contribution in [-0.4, -0.2) is 47.0 Å². The van der Waals surface area contributed by atoms with Gasteiger partial charge in [-0.3, -0.25) is 4.79 Å². The number of carboxylic acid groups (broad SMARTS) is 1. The Morgan fingerprint density at radius 3 is 2.58 bits per heavy atom. The summed E-state index contributed by atoms with van der Waals surface area (Å²) in [4.78, 5) is 37.2. The Kier molecular flexibility index (Phi) is 7.00. The van der Waals surface area contributed by atoms with E-state index in [2.05, 4.69) is 16.7 Å². The highest BCUT2D eigenvalue weighted by atomic mass is 16.4. The van der Waals surface area contributed by atoms with E-state index in [0.717, 1.165) is 12.0 Å². The summed E-state index contributed by atoms with van der Waals surface area (Å²) in [6.07, 6.45) is 1.53. The molecule has 1 aliphatic heterocycles. The summed E-state index contributed by atoms with van der Waals surface area (Å²) in [5.41, 5.74) is 2.41. The molecule has 0 unspecified atom stereocenters. The summed E-state index contributed by atoms with van der Waals surface area (Å²) in [7, 11) is 0. The van der Waals surface area contributed by atoms with Crippen LogP contribution < -0.4 is 10.6 Å². The van der Waals surface area contributed by atoms with Gasteiger partial charge in [-0.05, 0) is 23.5 Å². The van der Waals surface area contributed by atoms with Crippen LogP contribution in [0.1, 0.15) is 37.8 Å². The van der Waals surface area contributed by atoms with Crippen LogP contribution in [0.2, 0.25) is 0 Å². The van der Waals surface area contributed by atoms with Gasteiger partial charge in [0.1, 0.15) is 6.04 Å². The Morgan fingerprint density at radius 2 is 1.92 bits per heavy atom. The molecule has 0 spiro atoms. The number of hydrogen-bond acceptors (Lipinski definition) is 3. The van der Waals surface area contributed by atoms with E-state index in [9.17, 15) is 19.5 Å². The first-order valence-corrected chi connectivity index (χ1v) is 9.04. The summed E-state index contributed by atoms with van der Waals surface area (Å²) in [5, 5.41) is 14.5. The van der Waals surface area contributed by atoms with Gasteiger partial charge in [0.05, 0.1) is 0 Å². The van der Waals surface area contributed by atoms with Gasteiger partial charge >= 0.3 is 12.0 Å². The third kappa shape index (κ3) is 5.21. The fourth-order valence-corrected chi connectivity index (χ4v) is 2.99. The third-order valence-corrected chi connectivity index (χ3v) is 4.84. The molecule has 3 amide bonds. The third-order valence-electron chi connectivity index (χ3n) is 4.84. The van der Waals surface area contributed by atoms with E-state index in [0.29, 0.717) is 19.5 Å². The lowest BCUT2D eigenvalue weighted by Gasteiger charge is -2.29. The van der Waals surface area contributed by atoms with Crippen molar-refractivity contribution in [1.29, 1.82) is 0 Å². The van der Waals surface area contributed by atoms with Crippen LogP contribution >= 0.6 is 0 Å². The van der Waals surface area contributed by atoms with Crippen molar-refractivity contribution < 1.29 is 19.5 Å². The van der Waals surface area contributed by atoms with Crippen molar-refractivity contribution in [2.45, 2.75) is 45.7 Å². The van der Waals surface area contributed by atoms with E-state index >= 15 is 0 Å². The molecule has 7 heteroatoms. The molecule has 0 aliphatic carbocycles. The van der Waals surface area contributed by atoms with Crippen molar-refractivity contribution in [3.63, 3.8) is 0 Å². The van der Waals surface area contributed by atoms with E-state index in [4.69, 9.17) is 0 Å². The number of benzene rings is 1. The van der Waals surface area contributed by atoms with Gasteiger partial charge in [-0.15, -0.1) is 0 Å². The van der Waals surface area contributed by atoms with Gasteiger partial charge in [0, 0.05) is 26.1 Å². The van der Waals surface area contributed by atoms with Crippen LogP contribution in [-0.2, 0) is 22.6 Å². The summed E-state index contributed by atoms with van der Waals surface area (Å²) in [6, 6.07) is 6.94. The molecule has 1 aliphatic rings. The molecule has 1 aromatic rings. The van der Waals surface area contributed by atoms with Gasteiger partial charge in [-0.25, -0.2) is 9.59 Å². The minimum atomic E-state index is -1.04. The smallest absolute Gasteiger partial charge is 0.326 e. The Hall–Kier alpha value is -2.57. The highest BCUT2D eigenvalue weighted by molar-refractivity contribution is 5.84. The fourth-order valence-electron chi connectivity index (χ4n) is 2.99. The van der Waals surface area contributed by atoms with E-state index in [1.807, 2.05) is 25.1 Å². The second-order valence-electron chi connectivity index (χ2n) is 6.69. The molecule has 0 saturated heterocycles. The van der Waals surface area contributed by atoms with Gasteiger partial charge < -0.3 is 20.6 Å². The number of amides is 3. The lowest BCUT2D eigenvalue weighted by molar-refractivity contribution is -0.143. The van der Waals surface area contributed by atoms with E-state index in [1.54, 1.807) is 11.8 Å². The van der Waals surface area contributed by atoms with Gasteiger partial charge in [0.2, 0.25) is 5.91 Å². The molecule has 0 fully saturated rings. The van der Waals surface area contributed by atoms with Crippen molar-refractivity contribution in [1.82, 2.24) is 15.5 Å². The lowest BCUT2D eigenvalue weighted by atomic mass is 9.99. The number of nitrogens with zero attached hydrogens (tertiary/aromatic N) is 1. The van der Waals surface area contributed by atoms with Crippen LogP contribution in [0.15, 0.2) is 24.3 Å². The molecular formula is C19H27N3O4. The predicted octanol–water partition coefficient (Wildman–Crippen LogP) is 1.76. The van der Waals surface area contributed by atoms with Crippen LogP contribution in [0, 0.1) is 5.92 Å². The molecule has 0 radical (unpaired) electrons. The van der Waals surface area contributed by atoms with Gasteiger partial charge in [0.25, 0.3) is 0 Å². The number of carboxylic acids is 1. The largest absolute Gasteiger partial charge is 0.480 e. The second kappa shape index (κ2) is 9.22. The molecule has 142 valence electrons. The number of rotatable bonds is 7. The minimum Gasteiger partial charge on any atom is -0.480 e. The molecule has 26 heavy (non-hydrogen) atoms. The van der Waals surface area contributed by atoms with Gasteiger partial charge in [0.15, 0.2) is 0 Å². The molecule has 0 aromatic heterocycles. The molecule has 1 heterocycles. The van der Waals surface area contributed by atoms with Crippen LogP contribution in [0.4, 0.5) is 4.79 Å².